The predicted octanol–water partition coefficient (Wildman–Crippen LogP) is 3.91. The predicted molar refractivity (Wildman–Crippen MR) is 90.6 cm³/mol. The first-order chi connectivity index (χ1) is 11.1. The average Bonchev–Trinajstić information content (AvgIpc) is 2.90. The van der Waals surface area contributed by atoms with Gasteiger partial charge in [-0.25, -0.2) is 0 Å². The van der Waals surface area contributed by atoms with Crippen LogP contribution in [0.5, 0.6) is 0 Å². The summed E-state index contributed by atoms with van der Waals surface area (Å²) in [5.74, 6) is -0.283. The van der Waals surface area contributed by atoms with Gasteiger partial charge in [0.05, 0.1) is 16.9 Å². The number of aryl methyl sites for hydroxylation is 1. The molecule has 1 N–H and O–H groups in total. The second-order valence-electron chi connectivity index (χ2n) is 4.88. The molecule has 2 heterocycles. The topological polar surface area (TPSA) is 59.8 Å². The van der Waals surface area contributed by atoms with E-state index in [1.54, 1.807) is 24.4 Å². The van der Waals surface area contributed by atoms with E-state index in [1.165, 1.54) is 10.2 Å². The van der Waals surface area contributed by atoms with Gasteiger partial charge in [-0.15, -0.1) is 3.89 Å². The van der Waals surface area contributed by atoms with Crippen molar-refractivity contribution in [2.45, 2.75) is 6.92 Å². The average molecular weight is 328 g/mol. The van der Waals surface area contributed by atoms with Crippen molar-refractivity contribution in [3.8, 4) is 11.3 Å². The molecule has 116 valence electrons. The fourth-order valence-corrected chi connectivity index (χ4v) is 2.69. The van der Waals surface area contributed by atoms with Crippen LogP contribution in [0.4, 0.5) is 9.57 Å². The molecule has 0 unspecified atom stereocenters. The van der Waals surface area contributed by atoms with E-state index in [4.69, 9.17) is 0 Å². The molecule has 0 saturated heterocycles. The molecule has 0 radical (unpaired) electrons. The molecule has 2 aromatic heterocycles. The lowest BCUT2D eigenvalue weighted by Crippen LogP contribution is -2.07. The third kappa shape index (κ3) is 2.95. The smallest absolute Gasteiger partial charge is 0.247 e. The molecule has 5 nitrogen and oxygen atoms in total. The van der Waals surface area contributed by atoms with Crippen molar-refractivity contribution in [1.29, 1.82) is 0 Å². The zero-order chi connectivity index (χ0) is 16.4. The number of pyridine rings is 1. The molecule has 0 saturated carbocycles. The molecule has 3 rings (SSSR count). The Morgan fingerprint density at radius 2 is 2.22 bits per heavy atom. The van der Waals surface area contributed by atoms with E-state index < -0.39 is 0 Å². The number of amides is 1. The Balaban J connectivity index is 2.03. The number of nitrogens with one attached hydrogen (secondary N) is 1. The number of hydrogen-bond donors (Lipinski definition) is 1. The third-order valence-corrected chi connectivity index (χ3v) is 3.82. The quantitative estimate of drug-likeness (QED) is 0.738. The molecule has 3 aromatic rings. The maximum atomic E-state index is 12.9. The standard InChI is InChI=1S/C16H13FN4OS/c1-3-16(22)19-12-6-7-18-14(9-12)11-4-5-15-13(8-11)10(2)20-21(15)23-17/h3-9H,1H2,2H3,(H,18,19,22). The Morgan fingerprint density at radius 1 is 1.39 bits per heavy atom. The van der Waals surface area contributed by atoms with Crippen LogP contribution in [-0.2, 0) is 4.79 Å². The summed E-state index contributed by atoms with van der Waals surface area (Å²) < 4.78 is 14.1. The highest BCUT2D eigenvalue weighted by molar-refractivity contribution is 7.92. The molecule has 0 aliphatic rings. The zero-order valence-electron chi connectivity index (χ0n) is 12.3. The molecule has 7 heteroatoms. The summed E-state index contributed by atoms with van der Waals surface area (Å²) in [6, 6.07) is 9.02. The van der Waals surface area contributed by atoms with E-state index in [0.717, 1.165) is 16.6 Å². The van der Waals surface area contributed by atoms with Gasteiger partial charge in [-0.3, -0.25) is 9.78 Å². The van der Waals surface area contributed by atoms with Crippen LogP contribution in [0.15, 0.2) is 49.2 Å². The highest BCUT2D eigenvalue weighted by Crippen LogP contribution is 2.28. The van der Waals surface area contributed by atoms with Crippen LogP contribution < -0.4 is 5.32 Å². The van der Waals surface area contributed by atoms with Gasteiger partial charge in [0.2, 0.25) is 5.91 Å². The third-order valence-electron chi connectivity index (χ3n) is 3.41. The van der Waals surface area contributed by atoms with E-state index >= 15 is 0 Å². The van der Waals surface area contributed by atoms with E-state index in [0.29, 0.717) is 16.9 Å². The van der Waals surface area contributed by atoms with Gasteiger partial charge in [-0.1, -0.05) is 12.6 Å². The number of carbonyl (C=O) groups excluding carboxylic acids is 1. The molecule has 0 aliphatic carbocycles. The Bertz CT molecular complexity index is 906. The molecule has 0 fully saturated rings. The van der Waals surface area contributed by atoms with Crippen LogP contribution >= 0.6 is 12.3 Å². The number of anilines is 1. The van der Waals surface area contributed by atoms with Gasteiger partial charge < -0.3 is 5.32 Å². The van der Waals surface area contributed by atoms with Gasteiger partial charge in [0.25, 0.3) is 0 Å². The minimum absolute atomic E-state index is 0.0656. The summed E-state index contributed by atoms with van der Waals surface area (Å²) in [6.07, 6.45) is 2.82. The number of nitrogens with zero attached hydrogens (tertiary/aromatic N) is 3. The summed E-state index contributed by atoms with van der Waals surface area (Å²) in [6.45, 7) is 5.25. The number of fused-ring (bicyclic) bond motifs is 1. The van der Waals surface area contributed by atoms with Gasteiger partial charge in [0.15, 0.2) is 12.3 Å². The normalized spacial score (nSPS) is 10.7. The lowest BCUT2D eigenvalue weighted by molar-refractivity contribution is -0.111. The fourth-order valence-electron chi connectivity index (χ4n) is 2.31. The van der Waals surface area contributed by atoms with Crippen LogP contribution in [0, 0.1) is 6.92 Å². The summed E-state index contributed by atoms with van der Waals surface area (Å²) in [5, 5.41) is 7.68. The Labute approximate surface area is 136 Å². The minimum atomic E-state index is -0.283. The molecule has 0 aliphatic heterocycles. The first-order valence-electron chi connectivity index (χ1n) is 6.80. The van der Waals surface area contributed by atoms with Gasteiger partial charge in [0.1, 0.15) is 0 Å². The molecule has 0 spiro atoms. The number of rotatable bonds is 4. The maximum Gasteiger partial charge on any atom is 0.247 e. The SMILES string of the molecule is C=CC(=O)Nc1ccnc(-c2ccc3c(c2)c(C)nn3SF)c1. The van der Waals surface area contributed by atoms with E-state index in [-0.39, 0.29) is 18.2 Å². The monoisotopic (exact) mass is 328 g/mol. The largest absolute Gasteiger partial charge is 0.322 e. The molecule has 23 heavy (non-hydrogen) atoms. The zero-order valence-corrected chi connectivity index (χ0v) is 13.1. The number of aromatic nitrogens is 3. The fraction of sp³-hybridized carbons (Fsp3) is 0.0625. The summed E-state index contributed by atoms with van der Waals surface area (Å²) in [5.41, 5.74) is 3.64. The van der Waals surface area contributed by atoms with Gasteiger partial charge >= 0.3 is 0 Å². The Morgan fingerprint density at radius 3 is 2.96 bits per heavy atom. The lowest BCUT2D eigenvalue weighted by Gasteiger charge is -2.06. The number of hydrogen-bond acceptors (Lipinski definition) is 4. The Hall–Kier alpha value is -2.67. The van der Waals surface area contributed by atoms with Crippen molar-refractivity contribution in [3.63, 3.8) is 0 Å². The summed E-state index contributed by atoms with van der Waals surface area (Å²) in [7, 11) is 0. The highest BCUT2D eigenvalue weighted by atomic mass is 32.2. The van der Waals surface area contributed by atoms with Crippen LogP contribution in [0.25, 0.3) is 22.2 Å². The Kier molecular flexibility index (Phi) is 4.12. The first kappa shape index (κ1) is 15.2. The maximum absolute atomic E-state index is 12.9. The summed E-state index contributed by atoms with van der Waals surface area (Å²) in [4.78, 5) is 15.7. The van der Waals surface area contributed by atoms with E-state index in [1.807, 2.05) is 19.1 Å². The first-order valence-corrected chi connectivity index (χ1v) is 7.48. The number of halogens is 1. The van der Waals surface area contributed by atoms with Crippen molar-refractivity contribution in [2.24, 2.45) is 0 Å². The summed E-state index contributed by atoms with van der Waals surface area (Å²) >= 11 is 0.0656. The van der Waals surface area contributed by atoms with Crippen LogP contribution in [0.3, 0.4) is 0 Å². The molecule has 1 amide bonds. The second kappa shape index (κ2) is 6.21. The van der Waals surface area contributed by atoms with Crippen molar-refractivity contribution < 1.29 is 8.68 Å². The van der Waals surface area contributed by atoms with E-state index in [9.17, 15) is 8.68 Å². The molecule has 1 aromatic carbocycles. The van der Waals surface area contributed by atoms with Crippen molar-refractivity contribution in [3.05, 3.63) is 54.9 Å². The van der Waals surface area contributed by atoms with Gasteiger partial charge in [-0.2, -0.15) is 9.19 Å². The number of benzene rings is 1. The molecule has 0 bridgehead atoms. The van der Waals surface area contributed by atoms with Crippen molar-refractivity contribution in [2.75, 3.05) is 5.32 Å². The van der Waals surface area contributed by atoms with Gasteiger partial charge in [0, 0.05) is 22.8 Å². The molecular weight excluding hydrogens is 315 g/mol. The van der Waals surface area contributed by atoms with Crippen LogP contribution in [0.2, 0.25) is 0 Å². The van der Waals surface area contributed by atoms with Crippen molar-refractivity contribution in [1.82, 2.24) is 14.2 Å². The lowest BCUT2D eigenvalue weighted by atomic mass is 10.1. The molecule has 0 atom stereocenters. The highest BCUT2D eigenvalue weighted by Gasteiger charge is 2.10. The van der Waals surface area contributed by atoms with Crippen LogP contribution in [-0.4, -0.2) is 20.1 Å². The molecular formula is C16H13FN4OS. The van der Waals surface area contributed by atoms with E-state index in [2.05, 4.69) is 22.0 Å². The minimum Gasteiger partial charge on any atom is -0.322 e. The number of carbonyl (C=O) groups is 1. The second-order valence-corrected chi connectivity index (χ2v) is 5.37. The van der Waals surface area contributed by atoms with Crippen molar-refractivity contribution >= 4 is 34.8 Å². The van der Waals surface area contributed by atoms with Gasteiger partial charge in [-0.05, 0) is 37.3 Å². The van der Waals surface area contributed by atoms with Crippen LogP contribution in [0.1, 0.15) is 5.69 Å².